The molecule has 1 aromatic heterocycles. The van der Waals surface area contributed by atoms with Crippen LogP contribution in [0.4, 0.5) is 17.6 Å². The van der Waals surface area contributed by atoms with Crippen molar-refractivity contribution >= 4 is 11.6 Å². The number of hydrogen-bond acceptors (Lipinski definition) is 3. The number of rotatable bonds is 2. The number of aromatic nitrogens is 2. The van der Waals surface area contributed by atoms with Crippen molar-refractivity contribution < 1.29 is 22.3 Å². The molecule has 8 heteroatoms. The summed E-state index contributed by atoms with van der Waals surface area (Å²) in [6.07, 6.45) is 1.15. The van der Waals surface area contributed by atoms with Crippen molar-refractivity contribution in [2.75, 3.05) is 0 Å². The van der Waals surface area contributed by atoms with Crippen LogP contribution in [-0.4, -0.2) is 9.97 Å². The second-order valence-corrected chi connectivity index (χ2v) is 3.81. The highest BCUT2D eigenvalue weighted by molar-refractivity contribution is 6.28. The van der Waals surface area contributed by atoms with Crippen molar-refractivity contribution in [3.8, 4) is 11.6 Å². The lowest BCUT2D eigenvalue weighted by molar-refractivity contribution is 0.355. The highest BCUT2D eigenvalue weighted by Gasteiger charge is 2.25. The maximum absolute atomic E-state index is 13.5. The Hall–Kier alpha value is -1.89. The topological polar surface area (TPSA) is 35.0 Å². The van der Waals surface area contributed by atoms with Gasteiger partial charge in [0.15, 0.2) is 11.6 Å². The van der Waals surface area contributed by atoms with Gasteiger partial charge in [0.2, 0.25) is 28.5 Å². The van der Waals surface area contributed by atoms with E-state index in [-0.39, 0.29) is 11.2 Å². The first-order valence-electron chi connectivity index (χ1n) is 4.90. The Morgan fingerprint density at radius 2 is 1.63 bits per heavy atom. The average molecular weight is 293 g/mol. The number of benzene rings is 1. The summed E-state index contributed by atoms with van der Waals surface area (Å²) in [6.45, 7) is 0.905. The highest BCUT2D eigenvalue weighted by atomic mass is 35.5. The summed E-state index contributed by atoms with van der Waals surface area (Å²) in [5.41, 5.74) is -0.775. The third-order valence-corrected chi connectivity index (χ3v) is 2.43. The molecule has 19 heavy (non-hydrogen) atoms. The van der Waals surface area contributed by atoms with Gasteiger partial charge in [-0.3, -0.25) is 0 Å². The van der Waals surface area contributed by atoms with Crippen molar-refractivity contribution in [2.24, 2.45) is 0 Å². The summed E-state index contributed by atoms with van der Waals surface area (Å²) in [7, 11) is 0. The Bertz CT molecular complexity index is 622. The van der Waals surface area contributed by atoms with Crippen LogP contribution in [0.25, 0.3) is 0 Å². The smallest absolute Gasteiger partial charge is 0.225 e. The van der Waals surface area contributed by atoms with Crippen LogP contribution < -0.4 is 4.74 Å². The molecule has 0 aliphatic carbocycles. The van der Waals surface area contributed by atoms with Gasteiger partial charge in [0.05, 0.1) is 0 Å². The van der Waals surface area contributed by atoms with Crippen molar-refractivity contribution in [2.45, 2.75) is 6.92 Å². The van der Waals surface area contributed by atoms with Crippen molar-refractivity contribution in [3.05, 3.63) is 46.4 Å². The van der Waals surface area contributed by atoms with Crippen LogP contribution in [0.2, 0.25) is 5.28 Å². The molecule has 0 saturated carbocycles. The summed E-state index contributed by atoms with van der Waals surface area (Å²) in [4.78, 5) is 7.00. The van der Waals surface area contributed by atoms with Gasteiger partial charge in [-0.2, -0.15) is 13.8 Å². The van der Waals surface area contributed by atoms with Crippen molar-refractivity contribution in [1.29, 1.82) is 0 Å². The normalized spacial score (nSPS) is 10.6. The average Bonchev–Trinajstić information content (AvgIpc) is 2.39. The van der Waals surface area contributed by atoms with Gasteiger partial charge in [-0.25, -0.2) is 13.8 Å². The minimum atomic E-state index is -1.65. The first-order chi connectivity index (χ1) is 8.91. The van der Waals surface area contributed by atoms with E-state index in [1.165, 1.54) is 0 Å². The molecule has 2 rings (SSSR count). The van der Waals surface area contributed by atoms with Gasteiger partial charge in [-0.05, 0) is 18.5 Å². The van der Waals surface area contributed by atoms with E-state index in [4.69, 9.17) is 11.6 Å². The molecule has 100 valence electrons. The van der Waals surface area contributed by atoms with E-state index in [1.807, 2.05) is 0 Å². The summed E-state index contributed by atoms with van der Waals surface area (Å²) in [6, 6.07) is 1.13. The molecule has 0 spiro atoms. The van der Waals surface area contributed by atoms with Crippen LogP contribution in [-0.2, 0) is 0 Å². The zero-order valence-electron chi connectivity index (χ0n) is 9.35. The highest BCUT2D eigenvalue weighted by Crippen LogP contribution is 2.32. The molecular formula is C11H5ClF4N2O. The van der Waals surface area contributed by atoms with Gasteiger partial charge in [0, 0.05) is 17.8 Å². The third-order valence-electron chi connectivity index (χ3n) is 2.25. The molecule has 0 fully saturated rings. The summed E-state index contributed by atoms with van der Waals surface area (Å²) in [5, 5.41) is -0.244. The fourth-order valence-electron chi connectivity index (χ4n) is 1.29. The molecule has 0 bridgehead atoms. The number of hydrogen-bond donors (Lipinski definition) is 0. The van der Waals surface area contributed by atoms with Gasteiger partial charge < -0.3 is 4.74 Å². The first kappa shape index (κ1) is 13.5. The van der Waals surface area contributed by atoms with E-state index >= 15 is 0 Å². The molecule has 0 saturated heterocycles. The van der Waals surface area contributed by atoms with Crippen LogP contribution in [0, 0.1) is 30.2 Å². The van der Waals surface area contributed by atoms with Gasteiger partial charge >= 0.3 is 0 Å². The predicted molar refractivity (Wildman–Crippen MR) is 58.1 cm³/mol. The van der Waals surface area contributed by atoms with E-state index in [2.05, 4.69) is 14.7 Å². The van der Waals surface area contributed by atoms with Crippen LogP contribution in [0.3, 0.4) is 0 Å². The van der Waals surface area contributed by atoms with E-state index in [9.17, 15) is 17.6 Å². The van der Waals surface area contributed by atoms with E-state index in [0.29, 0.717) is 0 Å². The third kappa shape index (κ3) is 2.46. The predicted octanol–water partition coefficient (Wildman–Crippen LogP) is 3.79. The van der Waals surface area contributed by atoms with Crippen molar-refractivity contribution in [3.63, 3.8) is 0 Å². The molecule has 0 aliphatic heterocycles. The Labute approximate surface area is 109 Å². The van der Waals surface area contributed by atoms with E-state index in [1.54, 1.807) is 0 Å². The fourth-order valence-corrected chi connectivity index (χ4v) is 1.43. The molecule has 0 unspecified atom stereocenters. The van der Waals surface area contributed by atoms with Gasteiger partial charge in [0.1, 0.15) is 0 Å². The fraction of sp³-hybridized carbons (Fsp3) is 0.0909. The van der Waals surface area contributed by atoms with E-state index in [0.717, 1.165) is 19.2 Å². The SMILES string of the molecule is Cc1c(F)c(F)c(Oc2ccnc(Cl)n2)c(F)c1F. The van der Waals surface area contributed by atoms with Crippen LogP contribution >= 0.6 is 11.6 Å². The summed E-state index contributed by atoms with van der Waals surface area (Å²) in [5.74, 6) is -7.93. The lowest BCUT2D eigenvalue weighted by Gasteiger charge is -2.10. The molecule has 2 aromatic rings. The molecular weight excluding hydrogens is 288 g/mol. The van der Waals surface area contributed by atoms with Crippen molar-refractivity contribution in [1.82, 2.24) is 9.97 Å². The zero-order chi connectivity index (χ0) is 14.2. The Balaban J connectivity index is 2.52. The lowest BCUT2D eigenvalue weighted by atomic mass is 10.2. The van der Waals surface area contributed by atoms with Crippen LogP contribution in [0.5, 0.6) is 11.6 Å². The molecule has 1 heterocycles. The molecule has 0 aliphatic rings. The minimum Gasteiger partial charge on any atom is -0.432 e. The maximum atomic E-state index is 13.5. The second-order valence-electron chi connectivity index (χ2n) is 3.48. The van der Waals surface area contributed by atoms with Crippen LogP contribution in [0.15, 0.2) is 12.3 Å². The standard InChI is InChI=1S/C11H5ClF4N2O/c1-4-6(13)8(15)10(9(16)7(4)14)19-5-2-3-17-11(12)18-5/h2-3H,1H3. The Morgan fingerprint density at radius 1 is 1.05 bits per heavy atom. The Morgan fingerprint density at radius 3 is 2.16 bits per heavy atom. The monoisotopic (exact) mass is 292 g/mol. The molecule has 0 N–H and O–H groups in total. The van der Waals surface area contributed by atoms with Gasteiger partial charge in [-0.15, -0.1) is 0 Å². The largest absolute Gasteiger partial charge is 0.432 e. The second kappa shape index (κ2) is 5.00. The maximum Gasteiger partial charge on any atom is 0.225 e. The van der Waals surface area contributed by atoms with Gasteiger partial charge in [0.25, 0.3) is 0 Å². The quantitative estimate of drug-likeness (QED) is 0.480. The minimum absolute atomic E-state index is 0.244. The molecule has 0 amide bonds. The number of ether oxygens (including phenoxy) is 1. The number of nitrogens with zero attached hydrogens (tertiary/aromatic N) is 2. The zero-order valence-corrected chi connectivity index (χ0v) is 10.1. The summed E-state index contributed by atoms with van der Waals surface area (Å²) < 4.78 is 58.3. The molecule has 1 aromatic carbocycles. The molecule has 0 radical (unpaired) electrons. The molecule has 3 nitrogen and oxygen atoms in total. The first-order valence-corrected chi connectivity index (χ1v) is 5.28. The summed E-state index contributed by atoms with van der Waals surface area (Å²) >= 11 is 5.44. The van der Waals surface area contributed by atoms with Gasteiger partial charge in [-0.1, -0.05) is 0 Å². The molecule has 0 atom stereocenters. The van der Waals surface area contributed by atoms with E-state index < -0.39 is 34.6 Å². The Kier molecular flexibility index (Phi) is 3.57. The lowest BCUT2D eigenvalue weighted by Crippen LogP contribution is -2.04. The van der Waals surface area contributed by atoms with Crippen LogP contribution in [0.1, 0.15) is 5.56 Å². The number of halogens is 5.